The van der Waals surface area contributed by atoms with Gasteiger partial charge < -0.3 is 14.5 Å². The summed E-state index contributed by atoms with van der Waals surface area (Å²) in [5.74, 6) is 6.58. The predicted octanol–water partition coefficient (Wildman–Crippen LogP) is 3.36. The number of aromatic nitrogens is 1. The molecule has 0 spiro atoms. The zero-order valence-corrected chi connectivity index (χ0v) is 18.1. The first kappa shape index (κ1) is 21.8. The van der Waals surface area contributed by atoms with Crippen LogP contribution in [0.5, 0.6) is 5.75 Å². The molecule has 1 aliphatic heterocycles. The van der Waals surface area contributed by atoms with Gasteiger partial charge in [0.25, 0.3) is 11.6 Å². The Morgan fingerprint density at radius 3 is 2.42 bits per heavy atom. The number of benzene rings is 2. The van der Waals surface area contributed by atoms with Gasteiger partial charge in [-0.15, -0.1) is 0 Å². The molecule has 0 N–H and O–H groups in total. The lowest BCUT2D eigenvalue weighted by Crippen LogP contribution is -2.48. The topological polar surface area (TPSA) is 88.8 Å². The lowest BCUT2D eigenvalue weighted by molar-refractivity contribution is -0.384. The summed E-state index contributed by atoms with van der Waals surface area (Å²) in [6.45, 7) is 2.39. The van der Waals surface area contributed by atoms with Crippen molar-refractivity contribution in [2.75, 3.05) is 38.2 Å². The first-order chi connectivity index (χ1) is 16.0. The number of ether oxygens (including phenoxy) is 1. The minimum absolute atomic E-state index is 0.0639. The highest BCUT2D eigenvalue weighted by atomic mass is 16.6. The van der Waals surface area contributed by atoms with E-state index in [1.54, 1.807) is 48.5 Å². The van der Waals surface area contributed by atoms with E-state index in [0.29, 0.717) is 48.7 Å². The van der Waals surface area contributed by atoms with Crippen LogP contribution in [-0.2, 0) is 0 Å². The van der Waals surface area contributed by atoms with Crippen molar-refractivity contribution >= 4 is 17.3 Å². The van der Waals surface area contributed by atoms with Gasteiger partial charge in [0.05, 0.1) is 17.6 Å². The number of carbonyl (C=O) groups excluding carboxylic acids is 1. The molecule has 166 valence electrons. The number of rotatable bonds is 4. The number of nitro benzene ring substituents is 1. The van der Waals surface area contributed by atoms with Gasteiger partial charge in [-0.1, -0.05) is 12.0 Å². The highest BCUT2D eigenvalue weighted by molar-refractivity contribution is 5.95. The Morgan fingerprint density at radius 2 is 1.79 bits per heavy atom. The van der Waals surface area contributed by atoms with Crippen molar-refractivity contribution in [3.05, 3.63) is 93.8 Å². The Hall–Kier alpha value is -4.38. The van der Waals surface area contributed by atoms with Gasteiger partial charge in [0, 0.05) is 55.8 Å². The Bertz CT molecular complexity index is 1210. The summed E-state index contributed by atoms with van der Waals surface area (Å²) >= 11 is 0. The molecule has 0 radical (unpaired) electrons. The van der Waals surface area contributed by atoms with E-state index >= 15 is 0 Å². The van der Waals surface area contributed by atoms with Gasteiger partial charge in [-0.3, -0.25) is 14.9 Å². The van der Waals surface area contributed by atoms with Crippen LogP contribution in [0.1, 0.15) is 21.6 Å². The van der Waals surface area contributed by atoms with Crippen molar-refractivity contribution in [3.63, 3.8) is 0 Å². The van der Waals surface area contributed by atoms with Crippen LogP contribution in [-0.4, -0.2) is 54.0 Å². The molecular weight excluding hydrogens is 420 g/mol. The number of amides is 1. The number of nitro groups is 1. The van der Waals surface area contributed by atoms with Gasteiger partial charge in [0.2, 0.25) is 0 Å². The van der Waals surface area contributed by atoms with E-state index in [2.05, 4.69) is 21.7 Å². The molecule has 0 saturated carbocycles. The molecule has 1 fully saturated rings. The Balaban J connectivity index is 1.45. The van der Waals surface area contributed by atoms with E-state index in [0.717, 1.165) is 5.69 Å². The summed E-state index contributed by atoms with van der Waals surface area (Å²) in [5, 5.41) is 10.8. The lowest BCUT2D eigenvalue weighted by atomic mass is 10.1. The summed E-state index contributed by atoms with van der Waals surface area (Å²) in [4.78, 5) is 31.7. The van der Waals surface area contributed by atoms with E-state index in [4.69, 9.17) is 4.74 Å². The third-order valence-electron chi connectivity index (χ3n) is 5.43. The predicted molar refractivity (Wildman–Crippen MR) is 124 cm³/mol. The van der Waals surface area contributed by atoms with Crippen LogP contribution in [0, 0.1) is 22.0 Å². The zero-order valence-electron chi connectivity index (χ0n) is 18.1. The molecule has 2 aromatic carbocycles. The van der Waals surface area contributed by atoms with Crippen LogP contribution in [0.4, 0.5) is 11.4 Å². The van der Waals surface area contributed by atoms with Crippen LogP contribution >= 0.6 is 0 Å². The molecule has 0 aliphatic carbocycles. The first-order valence-corrected chi connectivity index (χ1v) is 10.4. The summed E-state index contributed by atoms with van der Waals surface area (Å²) in [5.41, 5.74) is 2.78. The van der Waals surface area contributed by atoms with Crippen molar-refractivity contribution in [1.82, 2.24) is 9.88 Å². The van der Waals surface area contributed by atoms with Gasteiger partial charge in [0.1, 0.15) is 11.4 Å². The molecule has 0 bridgehead atoms. The number of pyridine rings is 1. The van der Waals surface area contributed by atoms with E-state index in [-0.39, 0.29) is 11.6 Å². The molecule has 1 aliphatic rings. The van der Waals surface area contributed by atoms with Crippen LogP contribution in [0.15, 0.2) is 66.9 Å². The van der Waals surface area contributed by atoms with E-state index in [1.807, 2.05) is 18.2 Å². The standard InChI is InChI=1S/C25H22N4O4/c1-33-24-12-6-20(18-19(24)5-7-21-4-2-3-13-26-21)25(30)28-16-14-27(15-17-28)22-8-10-23(11-9-22)29(31)32/h2-4,6,8-13,18H,14-17H2,1H3. The Labute approximate surface area is 191 Å². The van der Waals surface area contributed by atoms with Crippen LogP contribution in [0.25, 0.3) is 0 Å². The fourth-order valence-electron chi connectivity index (χ4n) is 3.64. The second-order valence-electron chi connectivity index (χ2n) is 7.43. The number of non-ortho nitro benzene ring substituents is 1. The molecule has 4 rings (SSSR count). The monoisotopic (exact) mass is 442 g/mol. The maximum absolute atomic E-state index is 13.1. The minimum Gasteiger partial charge on any atom is -0.495 e. The van der Waals surface area contributed by atoms with Crippen molar-refractivity contribution in [2.24, 2.45) is 0 Å². The van der Waals surface area contributed by atoms with Gasteiger partial charge in [-0.25, -0.2) is 4.98 Å². The van der Waals surface area contributed by atoms with E-state index in [1.165, 1.54) is 12.1 Å². The SMILES string of the molecule is COc1ccc(C(=O)N2CCN(c3ccc([N+](=O)[O-])cc3)CC2)cc1C#Cc1ccccn1. The molecule has 1 aromatic heterocycles. The number of carbonyl (C=O) groups is 1. The van der Waals surface area contributed by atoms with E-state index in [9.17, 15) is 14.9 Å². The summed E-state index contributed by atoms with van der Waals surface area (Å²) in [7, 11) is 1.57. The van der Waals surface area contributed by atoms with Crippen molar-refractivity contribution < 1.29 is 14.5 Å². The Morgan fingerprint density at radius 1 is 1.03 bits per heavy atom. The second kappa shape index (κ2) is 9.83. The number of hydrogen-bond donors (Lipinski definition) is 0. The fourth-order valence-corrected chi connectivity index (χ4v) is 3.64. The van der Waals surface area contributed by atoms with Gasteiger partial charge in [0.15, 0.2) is 0 Å². The highest BCUT2D eigenvalue weighted by Gasteiger charge is 2.23. The first-order valence-electron chi connectivity index (χ1n) is 10.4. The van der Waals surface area contributed by atoms with Gasteiger partial charge in [-0.2, -0.15) is 0 Å². The minimum atomic E-state index is -0.412. The summed E-state index contributed by atoms with van der Waals surface area (Å²) in [6.07, 6.45) is 1.68. The number of hydrogen-bond acceptors (Lipinski definition) is 6. The molecule has 1 saturated heterocycles. The third-order valence-corrected chi connectivity index (χ3v) is 5.43. The number of methoxy groups -OCH3 is 1. The Kier molecular flexibility index (Phi) is 6.51. The van der Waals surface area contributed by atoms with Gasteiger partial charge >= 0.3 is 0 Å². The zero-order chi connectivity index (χ0) is 23.2. The van der Waals surface area contributed by atoms with Crippen molar-refractivity contribution in [1.29, 1.82) is 0 Å². The fraction of sp³-hybridized carbons (Fsp3) is 0.200. The molecule has 3 aromatic rings. The summed E-state index contributed by atoms with van der Waals surface area (Å²) < 4.78 is 5.40. The lowest BCUT2D eigenvalue weighted by Gasteiger charge is -2.36. The maximum Gasteiger partial charge on any atom is 0.269 e. The van der Waals surface area contributed by atoms with E-state index < -0.39 is 4.92 Å². The van der Waals surface area contributed by atoms with Crippen molar-refractivity contribution in [2.45, 2.75) is 0 Å². The van der Waals surface area contributed by atoms with Crippen LogP contribution < -0.4 is 9.64 Å². The largest absolute Gasteiger partial charge is 0.495 e. The molecule has 33 heavy (non-hydrogen) atoms. The van der Waals surface area contributed by atoms with Gasteiger partial charge in [-0.05, 0) is 48.4 Å². The molecule has 0 unspecified atom stereocenters. The molecule has 8 heteroatoms. The third kappa shape index (κ3) is 5.10. The highest BCUT2D eigenvalue weighted by Crippen LogP contribution is 2.23. The molecule has 2 heterocycles. The molecule has 1 amide bonds. The molecular formula is C25H22N4O4. The smallest absolute Gasteiger partial charge is 0.269 e. The molecule has 0 atom stereocenters. The number of piperazine rings is 1. The molecule has 8 nitrogen and oxygen atoms in total. The average molecular weight is 442 g/mol. The quantitative estimate of drug-likeness (QED) is 0.350. The average Bonchev–Trinajstić information content (AvgIpc) is 2.87. The normalized spacial score (nSPS) is 13.1. The second-order valence-corrected chi connectivity index (χ2v) is 7.43. The summed E-state index contributed by atoms with van der Waals surface area (Å²) in [6, 6.07) is 17.2. The van der Waals surface area contributed by atoms with Crippen LogP contribution in [0.2, 0.25) is 0 Å². The number of nitrogens with zero attached hydrogens (tertiary/aromatic N) is 4. The maximum atomic E-state index is 13.1. The van der Waals surface area contributed by atoms with Crippen LogP contribution in [0.3, 0.4) is 0 Å². The number of anilines is 1. The van der Waals surface area contributed by atoms with Crippen molar-refractivity contribution in [3.8, 4) is 17.6 Å².